The van der Waals surface area contributed by atoms with E-state index in [9.17, 15) is 0 Å². The number of rotatable bonds is 0. The molecule has 2 rings (SSSR count). The Morgan fingerprint density at radius 2 is 2.15 bits per heavy atom. The van der Waals surface area contributed by atoms with E-state index in [0.717, 1.165) is 12.4 Å². The molecule has 0 unspecified atom stereocenters. The Morgan fingerprint density at radius 3 is 2.85 bits per heavy atom. The number of hydrogen-bond acceptors (Lipinski definition) is 2. The standard InChI is InChI=1S/C10H13ClN2/c1-10(2)6-13(3)9-7(10)4-5-8(11)12-9/h4-5H,6H2,1-3H3. The Morgan fingerprint density at radius 1 is 1.46 bits per heavy atom. The van der Waals surface area contributed by atoms with Gasteiger partial charge in [-0.2, -0.15) is 0 Å². The first kappa shape index (κ1) is 8.82. The molecular formula is C10H13ClN2. The smallest absolute Gasteiger partial charge is 0.133 e. The molecule has 0 amide bonds. The van der Waals surface area contributed by atoms with Crippen LogP contribution in [0.2, 0.25) is 5.15 Å². The van der Waals surface area contributed by atoms with Crippen LogP contribution >= 0.6 is 11.6 Å². The second kappa shape index (κ2) is 2.61. The number of hydrogen-bond donors (Lipinski definition) is 0. The van der Waals surface area contributed by atoms with E-state index in [1.165, 1.54) is 5.56 Å². The van der Waals surface area contributed by atoms with Crippen molar-refractivity contribution < 1.29 is 0 Å². The first-order valence-corrected chi connectivity index (χ1v) is 4.77. The number of nitrogens with zero attached hydrogens (tertiary/aromatic N) is 2. The average molecular weight is 197 g/mol. The van der Waals surface area contributed by atoms with Crippen molar-refractivity contribution in [3.05, 3.63) is 22.8 Å². The zero-order valence-electron chi connectivity index (χ0n) is 8.13. The van der Waals surface area contributed by atoms with E-state index in [1.807, 2.05) is 6.07 Å². The van der Waals surface area contributed by atoms with Crippen LogP contribution in [0.4, 0.5) is 5.82 Å². The van der Waals surface area contributed by atoms with E-state index < -0.39 is 0 Å². The lowest BCUT2D eigenvalue weighted by molar-refractivity contribution is 0.563. The lowest BCUT2D eigenvalue weighted by Crippen LogP contribution is -2.25. The van der Waals surface area contributed by atoms with Crippen molar-refractivity contribution in [1.29, 1.82) is 0 Å². The Balaban J connectivity index is 2.59. The Kier molecular flexibility index (Phi) is 1.77. The fourth-order valence-corrected chi connectivity index (χ4v) is 2.14. The van der Waals surface area contributed by atoms with Gasteiger partial charge in [0.15, 0.2) is 0 Å². The molecule has 2 heterocycles. The van der Waals surface area contributed by atoms with Gasteiger partial charge in [-0.05, 0) is 6.07 Å². The summed E-state index contributed by atoms with van der Waals surface area (Å²) in [6.45, 7) is 5.46. The van der Waals surface area contributed by atoms with Gasteiger partial charge in [0.1, 0.15) is 11.0 Å². The molecule has 0 bridgehead atoms. The Hall–Kier alpha value is -0.760. The Bertz CT molecular complexity index is 347. The molecular weight excluding hydrogens is 184 g/mol. The van der Waals surface area contributed by atoms with Crippen LogP contribution in [0, 0.1) is 0 Å². The molecule has 0 fully saturated rings. The third kappa shape index (κ3) is 1.29. The zero-order valence-corrected chi connectivity index (χ0v) is 8.89. The molecule has 0 saturated carbocycles. The molecule has 0 radical (unpaired) electrons. The van der Waals surface area contributed by atoms with E-state index in [1.54, 1.807) is 0 Å². The summed E-state index contributed by atoms with van der Waals surface area (Å²) < 4.78 is 0. The molecule has 1 aliphatic rings. The maximum atomic E-state index is 5.84. The molecule has 1 aromatic heterocycles. The van der Waals surface area contributed by atoms with Crippen molar-refractivity contribution in [3.8, 4) is 0 Å². The van der Waals surface area contributed by atoms with Gasteiger partial charge in [0.25, 0.3) is 0 Å². The number of likely N-dealkylation sites (N-methyl/N-ethyl adjacent to an activating group) is 1. The molecule has 0 spiro atoms. The summed E-state index contributed by atoms with van der Waals surface area (Å²) in [7, 11) is 2.05. The van der Waals surface area contributed by atoms with Gasteiger partial charge in [0.05, 0.1) is 0 Å². The number of pyridine rings is 1. The second-order valence-corrected chi connectivity index (χ2v) is 4.63. The van der Waals surface area contributed by atoms with Gasteiger partial charge in [0.2, 0.25) is 0 Å². The minimum atomic E-state index is 0.196. The fraction of sp³-hybridized carbons (Fsp3) is 0.500. The Labute approximate surface area is 83.5 Å². The van der Waals surface area contributed by atoms with Crippen molar-refractivity contribution in [2.24, 2.45) is 0 Å². The van der Waals surface area contributed by atoms with Gasteiger partial charge in [-0.3, -0.25) is 0 Å². The van der Waals surface area contributed by atoms with Crippen LogP contribution in [0.3, 0.4) is 0 Å². The summed E-state index contributed by atoms with van der Waals surface area (Å²) in [6, 6.07) is 3.94. The van der Waals surface area contributed by atoms with Crippen molar-refractivity contribution in [3.63, 3.8) is 0 Å². The van der Waals surface area contributed by atoms with Crippen LogP contribution in [0.25, 0.3) is 0 Å². The molecule has 0 aliphatic carbocycles. The SMILES string of the molecule is CN1CC(C)(C)c2ccc(Cl)nc21. The molecule has 0 aromatic carbocycles. The van der Waals surface area contributed by atoms with Gasteiger partial charge in [0, 0.05) is 24.6 Å². The topological polar surface area (TPSA) is 16.1 Å². The highest BCUT2D eigenvalue weighted by molar-refractivity contribution is 6.29. The fourth-order valence-electron chi connectivity index (χ4n) is 2.00. The number of anilines is 1. The minimum absolute atomic E-state index is 0.196. The molecule has 1 aromatic rings. The largest absolute Gasteiger partial charge is 0.359 e. The lowest BCUT2D eigenvalue weighted by Gasteiger charge is -2.17. The predicted molar refractivity (Wildman–Crippen MR) is 55.5 cm³/mol. The molecule has 2 nitrogen and oxygen atoms in total. The molecule has 13 heavy (non-hydrogen) atoms. The van der Waals surface area contributed by atoms with Gasteiger partial charge >= 0.3 is 0 Å². The van der Waals surface area contributed by atoms with Gasteiger partial charge in [-0.15, -0.1) is 0 Å². The van der Waals surface area contributed by atoms with Crippen LogP contribution in [-0.2, 0) is 5.41 Å². The normalized spacial score (nSPS) is 18.9. The van der Waals surface area contributed by atoms with Gasteiger partial charge in [-0.25, -0.2) is 4.98 Å². The summed E-state index contributed by atoms with van der Waals surface area (Å²) in [5.74, 6) is 1.03. The molecule has 70 valence electrons. The van der Waals surface area contributed by atoms with Crippen molar-refractivity contribution >= 4 is 17.4 Å². The quantitative estimate of drug-likeness (QED) is 0.593. The van der Waals surface area contributed by atoms with Crippen molar-refractivity contribution in [1.82, 2.24) is 4.98 Å². The summed E-state index contributed by atoms with van der Waals surface area (Å²) in [6.07, 6.45) is 0. The van der Waals surface area contributed by atoms with Crippen LogP contribution in [0.5, 0.6) is 0 Å². The minimum Gasteiger partial charge on any atom is -0.359 e. The lowest BCUT2D eigenvalue weighted by atomic mass is 9.88. The first-order chi connectivity index (χ1) is 6.00. The molecule has 0 N–H and O–H groups in total. The molecule has 0 saturated heterocycles. The predicted octanol–water partition coefficient (Wildman–Crippen LogP) is 2.46. The highest BCUT2D eigenvalue weighted by Crippen LogP contribution is 2.38. The van der Waals surface area contributed by atoms with Gasteiger partial charge < -0.3 is 4.90 Å². The number of aromatic nitrogens is 1. The molecule has 3 heteroatoms. The van der Waals surface area contributed by atoms with E-state index >= 15 is 0 Å². The average Bonchev–Trinajstić information content (AvgIpc) is 2.22. The first-order valence-electron chi connectivity index (χ1n) is 4.39. The molecule has 1 aliphatic heterocycles. The maximum absolute atomic E-state index is 5.84. The van der Waals surface area contributed by atoms with E-state index in [4.69, 9.17) is 11.6 Å². The summed E-state index contributed by atoms with van der Waals surface area (Å²) in [5, 5.41) is 0.573. The number of halogens is 1. The van der Waals surface area contributed by atoms with Gasteiger partial charge in [-0.1, -0.05) is 31.5 Å². The third-order valence-corrected chi connectivity index (χ3v) is 2.77. The van der Waals surface area contributed by atoms with E-state index in [0.29, 0.717) is 5.15 Å². The zero-order chi connectivity index (χ0) is 9.64. The number of fused-ring (bicyclic) bond motifs is 1. The summed E-state index contributed by atoms with van der Waals surface area (Å²) in [5.41, 5.74) is 1.49. The molecule has 0 atom stereocenters. The van der Waals surface area contributed by atoms with Crippen LogP contribution in [0.15, 0.2) is 12.1 Å². The van der Waals surface area contributed by atoms with E-state index in [2.05, 4.69) is 36.8 Å². The highest BCUT2D eigenvalue weighted by atomic mass is 35.5. The second-order valence-electron chi connectivity index (χ2n) is 4.25. The van der Waals surface area contributed by atoms with E-state index in [-0.39, 0.29) is 5.41 Å². The monoisotopic (exact) mass is 196 g/mol. The van der Waals surface area contributed by atoms with Crippen LogP contribution in [-0.4, -0.2) is 18.6 Å². The van der Waals surface area contributed by atoms with Crippen LogP contribution < -0.4 is 4.90 Å². The summed E-state index contributed by atoms with van der Waals surface area (Å²) in [4.78, 5) is 6.48. The van der Waals surface area contributed by atoms with Crippen molar-refractivity contribution in [2.45, 2.75) is 19.3 Å². The van der Waals surface area contributed by atoms with Crippen LogP contribution in [0.1, 0.15) is 19.4 Å². The third-order valence-electron chi connectivity index (χ3n) is 2.56. The van der Waals surface area contributed by atoms with Crippen molar-refractivity contribution in [2.75, 3.05) is 18.5 Å². The highest BCUT2D eigenvalue weighted by Gasteiger charge is 2.34. The maximum Gasteiger partial charge on any atom is 0.133 e. The summed E-state index contributed by atoms with van der Waals surface area (Å²) >= 11 is 5.84.